The minimum absolute atomic E-state index is 0.232. The number of alkyl halides is 3. The fourth-order valence-electron chi connectivity index (χ4n) is 2.20. The van der Waals surface area contributed by atoms with Crippen LogP contribution in [-0.4, -0.2) is 33.4 Å². The summed E-state index contributed by atoms with van der Waals surface area (Å²) in [6.07, 6.45) is -5.11. The summed E-state index contributed by atoms with van der Waals surface area (Å²) in [5.41, 5.74) is -5.03. The van der Waals surface area contributed by atoms with Crippen molar-refractivity contribution < 1.29 is 38.1 Å². The molecule has 24 heavy (non-hydrogen) atoms. The van der Waals surface area contributed by atoms with Crippen LogP contribution in [0.5, 0.6) is 0 Å². The maximum absolute atomic E-state index is 13.5. The van der Waals surface area contributed by atoms with E-state index in [2.05, 4.69) is 0 Å². The summed E-state index contributed by atoms with van der Waals surface area (Å²) in [6.45, 7) is 0. The molecule has 0 aliphatic rings. The van der Waals surface area contributed by atoms with Gasteiger partial charge in [-0.1, -0.05) is 24.3 Å². The van der Waals surface area contributed by atoms with Gasteiger partial charge in [0, 0.05) is 0 Å². The summed E-state index contributed by atoms with van der Waals surface area (Å²) in [7, 11) is 0. The Bertz CT molecular complexity index is 706. The highest BCUT2D eigenvalue weighted by molar-refractivity contribution is 5.88. The maximum Gasteiger partial charge on any atom is 0.425 e. The average Bonchev–Trinajstić information content (AvgIpc) is 2.53. The van der Waals surface area contributed by atoms with Gasteiger partial charge in [0.25, 0.3) is 0 Å². The van der Waals surface area contributed by atoms with E-state index in [9.17, 15) is 27.9 Å². The fraction of sp³-hybridized carbons (Fsp3) is 0.125. The Balaban J connectivity index is 2.58. The lowest BCUT2D eigenvalue weighted by molar-refractivity contribution is -0.248. The monoisotopic (exact) mass is 340 g/mol. The van der Waals surface area contributed by atoms with E-state index in [-0.39, 0.29) is 11.1 Å². The number of carbonyl (C=O) groups is 2. The molecule has 0 heterocycles. The first kappa shape index (κ1) is 17.5. The van der Waals surface area contributed by atoms with Gasteiger partial charge in [-0.25, -0.2) is 9.59 Å². The number of rotatable bonds is 4. The summed E-state index contributed by atoms with van der Waals surface area (Å²) in [5.74, 6) is -2.63. The highest BCUT2D eigenvalue weighted by Gasteiger charge is 2.56. The van der Waals surface area contributed by atoms with Crippen LogP contribution in [0.2, 0.25) is 0 Å². The summed E-state index contributed by atoms with van der Waals surface area (Å²) >= 11 is 0. The van der Waals surface area contributed by atoms with Crippen molar-refractivity contribution in [3.05, 3.63) is 70.8 Å². The fourth-order valence-corrected chi connectivity index (χ4v) is 2.20. The molecule has 0 saturated carbocycles. The first-order valence-corrected chi connectivity index (χ1v) is 6.54. The third-order valence-corrected chi connectivity index (χ3v) is 3.51. The van der Waals surface area contributed by atoms with Crippen molar-refractivity contribution in [1.29, 1.82) is 0 Å². The van der Waals surface area contributed by atoms with E-state index in [1.807, 2.05) is 0 Å². The summed E-state index contributed by atoms with van der Waals surface area (Å²) < 4.78 is 40.5. The van der Waals surface area contributed by atoms with Crippen LogP contribution < -0.4 is 0 Å². The molecule has 0 atom stereocenters. The smallest absolute Gasteiger partial charge is 0.425 e. The second-order valence-electron chi connectivity index (χ2n) is 4.97. The largest absolute Gasteiger partial charge is 0.478 e. The van der Waals surface area contributed by atoms with Crippen molar-refractivity contribution in [2.75, 3.05) is 0 Å². The van der Waals surface area contributed by atoms with Crippen LogP contribution in [0.1, 0.15) is 31.8 Å². The van der Waals surface area contributed by atoms with E-state index < -0.39 is 34.8 Å². The lowest BCUT2D eigenvalue weighted by Crippen LogP contribution is -2.43. The Hall–Kier alpha value is -2.87. The molecule has 0 saturated heterocycles. The third-order valence-electron chi connectivity index (χ3n) is 3.51. The summed E-state index contributed by atoms with van der Waals surface area (Å²) in [4.78, 5) is 21.6. The molecule has 2 rings (SSSR count). The molecule has 0 aromatic heterocycles. The molecule has 0 amide bonds. The standard InChI is InChI=1S/C16H11F3O5/c17-16(18,19)15(24,11-5-1-9(2-6-11)13(20)21)12-7-3-10(4-8-12)14(22)23/h1-8,24H,(H,20,21)(H,22,23). The highest BCUT2D eigenvalue weighted by Crippen LogP contribution is 2.44. The zero-order valence-corrected chi connectivity index (χ0v) is 11.9. The van der Waals surface area contributed by atoms with Crippen molar-refractivity contribution in [1.82, 2.24) is 0 Å². The van der Waals surface area contributed by atoms with Crippen LogP contribution in [-0.2, 0) is 5.60 Å². The Morgan fingerprint density at radius 3 is 1.21 bits per heavy atom. The van der Waals surface area contributed by atoms with Gasteiger partial charge in [0.15, 0.2) is 0 Å². The molecule has 0 aliphatic heterocycles. The van der Waals surface area contributed by atoms with Crippen LogP contribution in [0, 0.1) is 0 Å². The van der Waals surface area contributed by atoms with Crippen molar-refractivity contribution in [3.8, 4) is 0 Å². The number of hydrogen-bond donors (Lipinski definition) is 3. The highest BCUT2D eigenvalue weighted by atomic mass is 19.4. The normalized spacial score (nSPS) is 12.0. The Morgan fingerprint density at radius 2 is 1.00 bits per heavy atom. The minimum Gasteiger partial charge on any atom is -0.478 e. The number of halogens is 3. The molecule has 2 aromatic rings. The number of benzene rings is 2. The van der Waals surface area contributed by atoms with Gasteiger partial charge in [-0.3, -0.25) is 0 Å². The molecule has 0 bridgehead atoms. The van der Waals surface area contributed by atoms with Crippen molar-refractivity contribution in [2.45, 2.75) is 11.8 Å². The van der Waals surface area contributed by atoms with E-state index in [1.165, 1.54) is 0 Å². The second kappa shape index (κ2) is 5.97. The van der Waals surface area contributed by atoms with Gasteiger partial charge < -0.3 is 15.3 Å². The second-order valence-corrected chi connectivity index (χ2v) is 4.97. The third kappa shape index (κ3) is 2.95. The number of aromatic carboxylic acids is 2. The zero-order chi connectivity index (χ0) is 18.1. The molecule has 0 fully saturated rings. The average molecular weight is 340 g/mol. The van der Waals surface area contributed by atoms with Gasteiger partial charge in [-0.05, 0) is 35.4 Å². The van der Waals surface area contributed by atoms with E-state index in [0.717, 1.165) is 48.5 Å². The van der Waals surface area contributed by atoms with Gasteiger partial charge in [0.05, 0.1) is 11.1 Å². The van der Waals surface area contributed by atoms with E-state index in [1.54, 1.807) is 0 Å². The molecule has 0 aliphatic carbocycles. The van der Waals surface area contributed by atoms with Gasteiger partial charge in [0.1, 0.15) is 0 Å². The molecule has 2 aromatic carbocycles. The Labute approximate surface area is 133 Å². The molecule has 0 spiro atoms. The summed E-state index contributed by atoms with van der Waals surface area (Å²) in [6, 6.07) is 7.23. The van der Waals surface area contributed by atoms with Crippen molar-refractivity contribution in [2.24, 2.45) is 0 Å². The number of hydrogen-bond acceptors (Lipinski definition) is 3. The number of carboxylic acids is 2. The van der Waals surface area contributed by atoms with E-state index >= 15 is 0 Å². The lowest BCUT2D eigenvalue weighted by atomic mass is 9.85. The van der Waals surface area contributed by atoms with Crippen LogP contribution in [0.4, 0.5) is 13.2 Å². The predicted octanol–water partition coefficient (Wildman–Crippen LogP) is 2.88. The summed E-state index contributed by atoms with van der Waals surface area (Å²) in [5, 5.41) is 27.9. The predicted molar refractivity (Wildman–Crippen MR) is 75.9 cm³/mol. The Kier molecular flexibility index (Phi) is 4.35. The van der Waals surface area contributed by atoms with Crippen molar-refractivity contribution in [3.63, 3.8) is 0 Å². The number of aliphatic hydroxyl groups is 1. The molecular formula is C16H11F3O5. The van der Waals surface area contributed by atoms with Gasteiger partial charge >= 0.3 is 18.1 Å². The molecule has 3 N–H and O–H groups in total. The molecule has 0 unspecified atom stereocenters. The van der Waals surface area contributed by atoms with Gasteiger partial charge in [-0.2, -0.15) is 13.2 Å². The SMILES string of the molecule is O=C(O)c1ccc(C(O)(c2ccc(C(=O)O)cc2)C(F)(F)F)cc1. The minimum atomic E-state index is -5.11. The molecule has 0 radical (unpaired) electrons. The first-order chi connectivity index (χ1) is 11.1. The van der Waals surface area contributed by atoms with Crippen LogP contribution >= 0.6 is 0 Å². The number of carboxylic acid groups (broad SMARTS) is 2. The van der Waals surface area contributed by atoms with Gasteiger partial charge in [0.2, 0.25) is 5.60 Å². The first-order valence-electron chi connectivity index (χ1n) is 6.54. The quantitative estimate of drug-likeness (QED) is 0.795. The topological polar surface area (TPSA) is 94.8 Å². The Morgan fingerprint density at radius 1 is 0.708 bits per heavy atom. The van der Waals surface area contributed by atoms with Crippen LogP contribution in [0.15, 0.2) is 48.5 Å². The molecular weight excluding hydrogens is 329 g/mol. The molecule has 126 valence electrons. The molecule has 5 nitrogen and oxygen atoms in total. The van der Waals surface area contributed by atoms with Crippen LogP contribution in [0.25, 0.3) is 0 Å². The van der Waals surface area contributed by atoms with Gasteiger partial charge in [-0.15, -0.1) is 0 Å². The molecule has 8 heteroatoms. The van der Waals surface area contributed by atoms with Crippen molar-refractivity contribution >= 4 is 11.9 Å². The van der Waals surface area contributed by atoms with Crippen LogP contribution in [0.3, 0.4) is 0 Å². The van der Waals surface area contributed by atoms with E-state index in [4.69, 9.17) is 10.2 Å². The van der Waals surface area contributed by atoms with E-state index in [0.29, 0.717) is 0 Å². The maximum atomic E-state index is 13.5. The lowest BCUT2D eigenvalue weighted by Gasteiger charge is -2.31. The zero-order valence-electron chi connectivity index (χ0n) is 11.9.